The minimum Gasteiger partial charge on any atom is -0.464 e. The SMILES string of the molecule is CN(C)CC(=O)N1CCOC(CNc2ccc(S(=O)(=O)C3(Oc4cnc5[nH]ccc5c4)C=CC=CC3C(N)=O)cc2[N+](=O)[O-])C1. The van der Waals surface area contributed by atoms with Crippen molar-refractivity contribution in [3.63, 3.8) is 0 Å². The van der Waals surface area contributed by atoms with Crippen LogP contribution >= 0.6 is 0 Å². The maximum absolute atomic E-state index is 14.4. The van der Waals surface area contributed by atoms with Crippen LogP contribution < -0.4 is 15.8 Å². The number of H-pyrrole nitrogens is 1. The van der Waals surface area contributed by atoms with Crippen LogP contribution in [0.25, 0.3) is 11.0 Å². The lowest BCUT2D eigenvalue weighted by molar-refractivity contribution is -0.384. The van der Waals surface area contributed by atoms with Crippen molar-refractivity contribution >= 4 is 44.1 Å². The summed E-state index contributed by atoms with van der Waals surface area (Å²) in [7, 11) is -1.10. The summed E-state index contributed by atoms with van der Waals surface area (Å²) in [5.74, 6) is -2.48. The van der Waals surface area contributed by atoms with Gasteiger partial charge in [-0.05, 0) is 44.4 Å². The molecule has 1 fully saturated rings. The number of primary amides is 1. The van der Waals surface area contributed by atoms with Gasteiger partial charge in [-0.25, -0.2) is 13.4 Å². The molecule has 45 heavy (non-hydrogen) atoms. The fourth-order valence-corrected chi connectivity index (χ4v) is 7.17. The average Bonchev–Trinajstić information content (AvgIpc) is 3.48. The lowest BCUT2D eigenvalue weighted by Gasteiger charge is -2.36. The number of benzene rings is 1. The van der Waals surface area contributed by atoms with Gasteiger partial charge in [0, 0.05) is 37.3 Å². The summed E-state index contributed by atoms with van der Waals surface area (Å²) in [6.45, 7) is 1.40. The molecular formula is C29H33N7O8S. The average molecular weight is 640 g/mol. The van der Waals surface area contributed by atoms with Crippen LogP contribution in [-0.4, -0.2) is 103 Å². The van der Waals surface area contributed by atoms with Gasteiger partial charge in [0.25, 0.3) is 5.69 Å². The Hall–Kier alpha value is -4.80. The number of nitrogens with zero attached hydrogens (tertiary/aromatic N) is 4. The van der Waals surface area contributed by atoms with Crippen LogP contribution in [-0.2, 0) is 24.2 Å². The number of allylic oxidation sites excluding steroid dienone is 2. The van der Waals surface area contributed by atoms with Crippen molar-refractivity contribution in [1.82, 2.24) is 19.8 Å². The van der Waals surface area contributed by atoms with E-state index >= 15 is 0 Å². The van der Waals surface area contributed by atoms with Gasteiger partial charge in [-0.3, -0.25) is 19.7 Å². The maximum atomic E-state index is 14.4. The first-order valence-electron chi connectivity index (χ1n) is 14.0. The second-order valence-corrected chi connectivity index (χ2v) is 13.0. The minimum absolute atomic E-state index is 0.0373. The number of nitro groups is 1. The molecule has 3 atom stereocenters. The van der Waals surface area contributed by atoms with Gasteiger partial charge in [0.05, 0.1) is 35.3 Å². The van der Waals surface area contributed by atoms with Gasteiger partial charge in [-0.2, -0.15) is 0 Å². The number of likely N-dealkylation sites (N-methyl/N-ethyl adjacent to an activating group) is 1. The van der Waals surface area contributed by atoms with E-state index in [2.05, 4.69) is 15.3 Å². The van der Waals surface area contributed by atoms with Crippen molar-refractivity contribution in [2.24, 2.45) is 11.7 Å². The molecule has 5 rings (SSSR count). The van der Waals surface area contributed by atoms with Crippen LogP contribution in [0.2, 0.25) is 0 Å². The molecule has 0 spiro atoms. The van der Waals surface area contributed by atoms with E-state index in [4.69, 9.17) is 15.2 Å². The quantitative estimate of drug-likeness (QED) is 0.202. The first-order valence-corrected chi connectivity index (χ1v) is 15.5. The number of rotatable bonds is 11. The highest BCUT2D eigenvalue weighted by Crippen LogP contribution is 2.41. The third-order valence-corrected chi connectivity index (χ3v) is 9.68. The van der Waals surface area contributed by atoms with E-state index in [0.717, 1.165) is 6.07 Å². The number of morpholine rings is 1. The Morgan fingerprint density at radius 1 is 1.29 bits per heavy atom. The Labute approximate surface area is 258 Å². The molecule has 1 aliphatic carbocycles. The molecule has 16 heteroatoms. The van der Waals surface area contributed by atoms with Crippen molar-refractivity contribution in [2.75, 3.05) is 52.2 Å². The van der Waals surface area contributed by atoms with E-state index in [1.807, 2.05) is 0 Å². The molecule has 0 radical (unpaired) electrons. The predicted octanol–water partition coefficient (Wildman–Crippen LogP) is 1.45. The molecule has 238 valence electrons. The molecule has 2 amide bonds. The zero-order chi connectivity index (χ0) is 32.4. The second-order valence-electron chi connectivity index (χ2n) is 10.9. The number of fused-ring (bicyclic) bond motifs is 1. The van der Waals surface area contributed by atoms with E-state index in [1.165, 1.54) is 42.6 Å². The third kappa shape index (κ3) is 6.38. The molecule has 0 bridgehead atoms. The molecule has 1 aromatic carbocycles. The molecule has 3 aromatic rings. The number of ether oxygens (including phenoxy) is 2. The lowest BCUT2D eigenvalue weighted by atomic mass is 9.96. The number of anilines is 1. The number of hydrogen-bond donors (Lipinski definition) is 3. The summed E-state index contributed by atoms with van der Waals surface area (Å²) in [6.07, 6.45) is 7.88. The van der Waals surface area contributed by atoms with Crippen LogP contribution in [0, 0.1) is 16.0 Å². The van der Waals surface area contributed by atoms with E-state index in [9.17, 15) is 28.1 Å². The Morgan fingerprint density at radius 3 is 2.82 bits per heavy atom. The summed E-state index contributed by atoms with van der Waals surface area (Å²) >= 11 is 0. The summed E-state index contributed by atoms with van der Waals surface area (Å²) in [6, 6.07) is 6.65. The van der Waals surface area contributed by atoms with E-state index in [-0.39, 0.29) is 37.0 Å². The molecular weight excluding hydrogens is 606 g/mol. The van der Waals surface area contributed by atoms with Gasteiger partial charge in [0.15, 0.2) is 0 Å². The molecule has 0 saturated carbocycles. The van der Waals surface area contributed by atoms with Gasteiger partial charge in [-0.15, -0.1) is 0 Å². The predicted molar refractivity (Wildman–Crippen MR) is 164 cm³/mol. The van der Waals surface area contributed by atoms with Gasteiger partial charge < -0.3 is 35.3 Å². The molecule has 2 aromatic heterocycles. The van der Waals surface area contributed by atoms with Crippen LogP contribution in [0.1, 0.15) is 0 Å². The number of nitro benzene ring substituents is 1. The highest BCUT2D eigenvalue weighted by atomic mass is 32.2. The summed E-state index contributed by atoms with van der Waals surface area (Å²) in [4.78, 5) is 44.3. The Bertz CT molecular complexity index is 1790. The molecule has 1 aliphatic heterocycles. The Balaban J connectivity index is 1.44. The van der Waals surface area contributed by atoms with E-state index in [1.54, 1.807) is 42.2 Å². The molecule has 2 aliphatic rings. The van der Waals surface area contributed by atoms with Gasteiger partial charge in [-0.1, -0.05) is 18.2 Å². The summed E-state index contributed by atoms with van der Waals surface area (Å²) < 4.78 is 40.6. The normalized spacial score (nSPS) is 21.6. The van der Waals surface area contributed by atoms with Crippen molar-refractivity contribution in [1.29, 1.82) is 0 Å². The van der Waals surface area contributed by atoms with E-state index in [0.29, 0.717) is 24.2 Å². The standard InChI is InChI=1S/C29H33N7O8S/c1-34(2)18-26(37)35-11-12-43-21(17-35)16-32-24-7-6-22(14-25(24)36(39)40)45(41,42)29(9-4-3-5-23(29)27(30)38)44-20-13-19-8-10-31-28(19)33-15-20/h3-10,13-15,21,23,32H,11-12,16-18H2,1-2H3,(H2,30,38)(H,31,33). The fourth-order valence-electron chi connectivity index (χ4n) is 5.29. The first kappa shape index (κ1) is 31.6. The number of carbonyl (C=O) groups is 2. The lowest BCUT2D eigenvalue weighted by Crippen LogP contribution is -2.53. The maximum Gasteiger partial charge on any atom is 0.293 e. The highest BCUT2D eigenvalue weighted by Gasteiger charge is 2.54. The molecule has 3 unspecified atom stereocenters. The van der Waals surface area contributed by atoms with Crippen molar-refractivity contribution in [3.8, 4) is 5.75 Å². The summed E-state index contributed by atoms with van der Waals surface area (Å²) in [5.41, 5.74) is 5.72. The van der Waals surface area contributed by atoms with Gasteiger partial charge >= 0.3 is 0 Å². The number of aromatic nitrogens is 2. The third-order valence-electron chi connectivity index (χ3n) is 7.49. The van der Waals surface area contributed by atoms with Crippen molar-refractivity contribution in [3.05, 3.63) is 77.1 Å². The van der Waals surface area contributed by atoms with Crippen LogP contribution in [0.5, 0.6) is 5.75 Å². The van der Waals surface area contributed by atoms with Gasteiger partial charge in [0.1, 0.15) is 23.0 Å². The zero-order valence-corrected chi connectivity index (χ0v) is 25.4. The summed E-state index contributed by atoms with van der Waals surface area (Å²) in [5, 5.41) is 15.7. The molecule has 4 N–H and O–H groups in total. The largest absolute Gasteiger partial charge is 0.464 e. The van der Waals surface area contributed by atoms with Crippen LogP contribution in [0.4, 0.5) is 11.4 Å². The Kier molecular flexibility index (Phi) is 8.90. The van der Waals surface area contributed by atoms with Crippen molar-refractivity contribution in [2.45, 2.75) is 15.9 Å². The molecule has 1 saturated heterocycles. The number of nitrogens with two attached hydrogens (primary N) is 1. The monoisotopic (exact) mass is 639 g/mol. The number of amides is 2. The first-order chi connectivity index (χ1) is 21.4. The zero-order valence-electron chi connectivity index (χ0n) is 24.6. The van der Waals surface area contributed by atoms with E-state index < -0.39 is 48.2 Å². The topological polar surface area (TPSA) is 203 Å². The van der Waals surface area contributed by atoms with Crippen LogP contribution in [0.15, 0.2) is 71.9 Å². The van der Waals surface area contributed by atoms with Gasteiger partial charge in [0.2, 0.25) is 26.6 Å². The molecule has 3 heterocycles. The number of sulfone groups is 1. The smallest absolute Gasteiger partial charge is 0.293 e. The van der Waals surface area contributed by atoms with Crippen LogP contribution in [0.3, 0.4) is 0 Å². The fraction of sp³-hybridized carbons (Fsp3) is 0.345. The number of nitrogens with one attached hydrogen (secondary N) is 2. The Morgan fingerprint density at radius 2 is 2.09 bits per heavy atom. The number of hydrogen-bond acceptors (Lipinski definition) is 11. The highest BCUT2D eigenvalue weighted by molar-refractivity contribution is 7.93. The number of carbonyl (C=O) groups excluding carboxylic acids is 2. The molecule has 15 nitrogen and oxygen atoms in total. The second kappa shape index (κ2) is 12.7. The number of aromatic amines is 1. The van der Waals surface area contributed by atoms with Crippen molar-refractivity contribution < 1.29 is 32.4 Å². The number of pyridine rings is 1. The minimum atomic E-state index is -4.69.